The summed E-state index contributed by atoms with van der Waals surface area (Å²) >= 11 is 0. The van der Waals surface area contributed by atoms with Crippen LogP contribution in [0.25, 0.3) is 0 Å². The summed E-state index contributed by atoms with van der Waals surface area (Å²) in [5, 5.41) is 3.55. The van der Waals surface area contributed by atoms with Gasteiger partial charge in [-0.05, 0) is 48.1 Å². The van der Waals surface area contributed by atoms with Crippen LogP contribution in [0.4, 0.5) is 11.4 Å². The second-order valence-corrected chi connectivity index (χ2v) is 10.2. The van der Waals surface area contributed by atoms with Gasteiger partial charge in [-0.25, -0.2) is 0 Å². The van der Waals surface area contributed by atoms with Crippen molar-refractivity contribution in [3.05, 3.63) is 53.2 Å². The van der Waals surface area contributed by atoms with E-state index in [0.717, 1.165) is 35.5 Å². The van der Waals surface area contributed by atoms with E-state index in [0.29, 0.717) is 42.1 Å². The fraction of sp³-hybridized carbons (Fsp3) is 0.448. The van der Waals surface area contributed by atoms with Crippen molar-refractivity contribution in [2.75, 3.05) is 31.5 Å². The van der Waals surface area contributed by atoms with E-state index in [2.05, 4.69) is 26.1 Å². The number of rotatable bonds is 7. The quantitative estimate of drug-likeness (QED) is 0.507. The van der Waals surface area contributed by atoms with E-state index >= 15 is 0 Å². The normalized spacial score (nSPS) is 18.6. The highest BCUT2D eigenvalue weighted by Crippen LogP contribution is 2.50. The summed E-state index contributed by atoms with van der Waals surface area (Å²) in [5.41, 5.74) is 3.57. The zero-order valence-electron chi connectivity index (χ0n) is 22.1. The van der Waals surface area contributed by atoms with Crippen molar-refractivity contribution >= 4 is 23.1 Å². The molecule has 7 heteroatoms. The maximum Gasteiger partial charge on any atom is 0.227 e. The first kappa shape index (κ1) is 25.6. The Hall–Kier alpha value is -3.48. The van der Waals surface area contributed by atoms with Crippen molar-refractivity contribution in [3.63, 3.8) is 0 Å². The third-order valence-electron chi connectivity index (χ3n) is 6.92. The van der Waals surface area contributed by atoms with E-state index in [1.54, 1.807) is 26.2 Å². The molecule has 7 nitrogen and oxygen atoms in total. The van der Waals surface area contributed by atoms with E-state index in [-0.39, 0.29) is 17.1 Å². The molecule has 1 heterocycles. The average molecular weight is 493 g/mol. The Bertz CT molecular complexity index is 1170. The van der Waals surface area contributed by atoms with Gasteiger partial charge in [-0.3, -0.25) is 14.5 Å². The minimum atomic E-state index is -0.641. The van der Waals surface area contributed by atoms with Gasteiger partial charge in [0.15, 0.2) is 17.3 Å². The van der Waals surface area contributed by atoms with Crippen LogP contribution >= 0.6 is 0 Å². The van der Waals surface area contributed by atoms with Crippen molar-refractivity contribution < 1.29 is 23.8 Å². The lowest BCUT2D eigenvalue weighted by Gasteiger charge is -2.37. The number of ether oxygens (including phenoxy) is 3. The van der Waals surface area contributed by atoms with Crippen LogP contribution in [-0.4, -0.2) is 33.0 Å². The van der Waals surface area contributed by atoms with Gasteiger partial charge in [-0.15, -0.1) is 0 Å². The first-order valence-electron chi connectivity index (χ1n) is 12.5. The van der Waals surface area contributed by atoms with Crippen LogP contribution in [0.3, 0.4) is 0 Å². The number of unbranched alkanes of at least 4 members (excludes halogenated alkanes) is 1. The van der Waals surface area contributed by atoms with Crippen molar-refractivity contribution in [2.24, 2.45) is 5.41 Å². The van der Waals surface area contributed by atoms with Gasteiger partial charge in [-0.1, -0.05) is 39.3 Å². The minimum Gasteiger partial charge on any atom is -0.493 e. The summed E-state index contributed by atoms with van der Waals surface area (Å²) in [7, 11) is 4.68. The molecular formula is C29H36N2O5. The molecule has 2 aliphatic rings. The number of nitrogens with one attached hydrogen (secondary N) is 1. The lowest BCUT2D eigenvalue weighted by atomic mass is 9.73. The Morgan fingerprint density at radius 1 is 1.06 bits per heavy atom. The van der Waals surface area contributed by atoms with Crippen molar-refractivity contribution in [1.29, 1.82) is 0 Å². The highest BCUT2D eigenvalue weighted by atomic mass is 16.5. The number of Topliss-reactive ketones (excluding diaryl/α,β-unsaturated/α-hetero) is 1. The fourth-order valence-corrected chi connectivity index (χ4v) is 5.29. The number of amides is 1. The summed E-state index contributed by atoms with van der Waals surface area (Å²) in [6.45, 7) is 6.27. The summed E-state index contributed by atoms with van der Waals surface area (Å²) < 4.78 is 16.8. The third kappa shape index (κ3) is 4.66. The molecule has 2 aromatic carbocycles. The molecule has 1 amide bonds. The molecule has 1 aliphatic carbocycles. The van der Waals surface area contributed by atoms with E-state index in [9.17, 15) is 9.59 Å². The smallest absolute Gasteiger partial charge is 0.227 e. The maximum absolute atomic E-state index is 13.9. The number of carbonyl (C=O) groups is 2. The molecule has 0 spiro atoms. The number of anilines is 2. The standard InChI is InChI=1S/C29H36N2O5/c1-7-8-13-25(33)31-21-12-10-9-11-19(21)30-20-16-29(2,3)17-22(32)26(20)27(31)18-14-23(34-4)28(36-6)24(15-18)35-5/h9-12,14-15,27,30H,7-8,13,16-17H2,1-6H3/t27-/m0/s1. The topological polar surface area (TPSA) is 77.1 Å². The molecule has 2 aromatic rings. The first-order valence-corrected chi connectivity index (χ1v) is 12.5. The zero-order valence-corrected chi connectivity index (χ0v) is 22.1. The lowest BCUT2D eigenvalue weighted by molar-refractivity contribution is -0.119. The molecule has 1 atom stereocenters. The molecule has 0 saturated carbocycles. The molecule has 192 valence electrons. The monoisotopic (exact) mass is 492 g/mol. The first-order chi connectivity index (χ1) is 17.2. The van der Waals surface area contributed by atoms with Gasteiger partial charge in [0.05, 0.1) is 38.7 Å². The molecule has 0 radical (unpaired) electrons. The molecule has 0 saturated heterocycles. The summed E-state index contributed by atoms with van der Waals surface area (Å²) in [5.74, 6) is 1.42. The van der Waals surface area contributed by atoms with Crippen LogP contribution in [-0.2, 0) is 9.59 Å². The number of fused-ring (bicyclic) bond motifs is 1. The maximum atomic E-state index is 13.9. The van der Waals surface area contributed by atoms with Crippen molar-refractivity contribution in [1.82, 2.24) is 0 Å². The highest BCUT2D eigenvalue weighted by Gasteiger charge is 2.43. The van der Waals surface area contributed by atoms with Gasteiger partial charge < -0.3 is 19.5 Å². The van der Waals surface area contributed by atoms with Gasteiger partial charge in [0.2, 0.25) is 11.7 Å². The predicted octanol–water partition coefficient (Wildman–Crippen LogP) is 6.05. The molecule has 0 bridgehead atoms. The summed E-state index contributed by atoms with van der Waals surface area (Å²) in [6, 6.07) is 10.8. The van der Waals surface area contributed by atoms with Gasteiger partial charge in [0.1, 0.15) is 0 Å². The van der Waals surface area contributed by atoms with Crippen LogP contribution in [0.15, 0.2) is 47.7 Å². The number of ketones is 1. The van der Waals surface area contributed by atoms with Crippen molar-refractivity contribution in [3.8, 4) is 17.2 Å². The van der Waals surface area contributed by atoms with E-state index < -0.39 is 6.04 Å². The molecule has 1 N–H and O–H groups in total. The molecular weight excluding hydrogens is 456 g/mol. The Balaban J connectivity index is 2.03. The number of allylic oxidation sites excluding steroid dienone is 1. The Morgan fingerprint density at radius 2 is 1.72 bits per heavy atom. The Morgan fingerprint density at radius 3 is 2.33 bits per heavy atom. The van der Waals surface area contributed by atoms with Gasteiger partial charge in [0, 0.05) is 24.1 Å². The van der Waals surface area contributed by atoms with Crippen molar-refractivity contribution in [2.45, 2.75) is 58.9 Å². The predicted molar refractivity (Wildman–Crippen MR) is 141 cm³/mol. The van der Waals surface area contributed by atoms with E-state index in [4.69, 9.17) is 14.2 Å². The molecule has 0 aromatic heterocycles. The summed E-state index contributed by atoms with van der Waals surface area (Å²) in [4.78, 5) is 29.5. The molecule has 1 aliphatic heterocycles. The number of hydrogen-bond donors (Lipinski definition) is 1. The number of methoxy groups -OCH3 is 3. The van der Waals surface area contributed by atoms with Gasteiger partial charge in [0.25, 0.3) is 0 Å². The van der Waals surface area contributed by atoms with Crippen LogP contribution < -0.4 is 24.4 Å². The lowest BCUT2D eigenvalue weighted by Crippen LogP contribution is -2.39. The largest absolute Gasteiger partial charge is 0.493 e. The van der Waals surface area contributed by atoms with Crippen LogP contribution in [0.1, 0.15) is 64.5 Å². The van der Waals surface area contributed by atoms with E-state index in [1.807, 2.05) is 36.4 Å². The minimum absolute atomic E-state index is 0.0313. The molecule has 4 rings (SSSR count). The third-order valence-corrected chi connectivity index (χ3v) is 6.92. The van der Waals surface area contributed by atoms with Gasteiger partial charge >= 0.3 is 0 Å². The Labute approximate surface area is 213 Å². The van der Waals surface area contributed by atoms with Crippen LogP contribution in [0.2, 0.25) is 0 Å². The Kier molecular flexibility index (Phi) is 7.29. The number of nitrogens with zero attached hydrogens (tertiary/aromatic N) is 1. The average Bonchev–Trinajstić information content (AvgIpc) is 2.99. The molecule has 0 fully saturated rings. The zero-order chi connectivity index (χ0) is 26.0. The number of hydrogen-bond acceptors (Lipinski definition) is 6. The molecule has 36 heavy (non-hydrogen) atoms. The number of para-hydroxylation sites is 2. The number of benzene rings is 2. The molecule has 0 unspecified atom stereocenters. The fourth-order valence-electron chi connectivity index (χ4n) is 5.29. The second kappa shape index (κ2) is 10.2. The van der Waals surface area contributed by atoms with Crippen LogP contribution in [0, 0.1) is 5.41 Å². The highest BCUT2D eigenvalue weighted by molar-refractivity contribution is 6.06. The van der Waals surface area contributed by atoms with Gasteiger partial charge in [-0.2, -0.15) is 0 Å². The van der Waals surface area contributed by atoms with E-state index in [1.165, 1.54) is 0 Å². The number of carbonyl (C=O) groups excluding carboxylic acids is 2. The SMILES string of the molecule is CCCCC(=O)N1c2ccccc2NC2=C(C(=O)CC(C)(C)C2)[C@@H]1c1cc(OC)c(OC)c(OC)c1. The second-order valence-electron chi connectivity index (χ2n) is 10.2. The summed E-state index contributed by atoms with van der Waals surface area (Å²) in [6.07, 6.45) is 3.14. The van der Waals surface area contributed by atoms with Crippen LogP contribution in [0.5, 0.6) is 17.2 Å².